The van der Waals surface area contributed by atoms with Gasteiger partial charge in [-0.15, -0.1) is 0 Å². The summed E-state index contributed by atoms with van der Waals surface area (Å²) in [5, 5.41) is 10.3. The van der Waals surface area contributed by atoms with Crippen LogP contribution in [0.3, 0.4) is 0 Å². The van der Waals surface area contributed by atoms with Gasteiger partial charge in [-0.2, -0.15) is 0 Å². The van der Waals surface area contributed by atoms with Crippen LogP contribution in [0.1, 0.15) is 42.5 Å². The molecule has 3 rings (SSSR count). The molecule has 1 heterocycles. The summed E-state index contributed by atoms with van der Waals surface area (Å²) in [4.78, 5) is 16.3. The number of pyridine rings is 1. The van der Waals surface area contributed by atoms with Crippen molar-refractivity contribution < 1.29 is 19.4 Å². The number of carbonyl (C=O) groups excluding carboxylic acids is 1. The Hall–Kier alpha value is -2.40. The number of ether oxygens (including phenoxy) is 2. The molecule has 0 amide bonds. The number of hydrogen-bond donors (Lipinski definition) is 1. The Morgan fingerprint density at radius 2 is 2.16 bits per heavy atom. The van der Waals surface area contributed by atoms with Crippen LogP contribution in [-0.2, 0) is 22.6 Å². The third-order valence-corrected chi connectivity index (χ3v) is 4.45. The number of aliphatic hydroxyl groups excluding tert-OH is 1. The highest BCUT2D eigenvalue weighted by Gasteiger charge is 2.33. The summed E-state index contributed by atoms with van der Waals surface area (Å²) in [6, 6.07) is 11.9. The van der Waals surface area contributed by atoms with Gasteiger partial charge in [0.15, 0.2) is 6.10 Å². The van der Waals surface area contributed by atoms with Gasteiger partial charge >= 0.3 is 5.97 Å². The van der Waals surface area contributed by atoms with Crippen molar-refractivity contribution in [1.82, 2.24) is 4.98 Å². The van der Waals surface area contributed by atoms with Crippen LogP contribution >= 0.6 is 0 Å². The molecule has 0 fully saturated rings. The molecule has 132 valence electrons. The number of hydrogen-bond acceptors (Lipinski definition) is 5. The number of aryl methyl sites for hydroxylation is 1. The quantitative estimate of drug-likeness (QED) is 0.818. The highest BCUT2D eigenvalue weighted by atomic mass is 16.5. The molecule has 2 aromatic rings. The Morgan fingerprint density at radius 1 is 1.36 bits per heavy atom. The van der Waals surface area contributed by atoms with E-state index in [1.807, 2.05) is 36.4 Å². The smallest absolute Gasteiger partial charge is 0.335 e. The SMILES string of the molecule is CCOC(=O)C(O)[C@@H]1CCCc2cc(OCc3ccccc3)cnc21. The molecule has 5 nitrogen and oxygen atoms in total. The average Bonchev–Trinajstić information content (AvgIpc) is 2.66. The van der Waals surface area contributed by atoms with Crippen LogP contribution in [0.25, 0.3) is 0 Å². The highest BCUT2D eigenvalue weighted by molar-refractivity contribution is 5.75. The van der Waals surface area contributed by atoms with Crippen LogP contribution < -0.4 is 4.74 Å². The third kappa shape index (κ3) is 4.17. The van der Waals surface area contributed by atoms with Gasteiger partial charge in [0.1, 0.15) is 12.4 Å². The maximum atomic E-state index is 11.9. The Balaban J connectivity index is 1.72. The lowest BCUT2D eigenvalue weighted by molar-refractivity contribution is -0.154. The lowest BCUT2D eigenvalue weighted by atomic mass is 9.83. The number of esters is 1. The van der Waals surface area contributed by atoms with Gasteiger partial charge in [0, 0.05) is 5.92 Å². The second-order valence-electron chi connectivity index (χ2n) is 6.19. The van der Waals surface area contributed by atoms with Gasteiger partial charge in [0.2, 0.25) is 0 Å². The fraction of sp³-hybridized carbons (Fsp3) is 0.400. The van der Waals surface area contributed by atoms with Crippen LogP contribution in [0, 0.1) is 0 Å². The van der Waals surface area contributed by atoms with Crippen molar-refractivity contribution in [3.63, 3.8) is 0 Å². The molecule has 1 aliphatic carbocycles. The maximum Gasteiger partial charge on any atom is 0.335 e. The fourth-order valence-corrected chi connectivity index (χ4v) is 3.20. The molecule has 1 aromatic carbocycles. The van der Waals surface area contributed by atoms with E-state index in [1.165, 1.54) is 0 Å². The first kappa shape index (κ1) is 17.4. The summed E-state index contributed by atoms with van der Waals surface area (Å²) in [6.45, 7) is 2.47. The molecular formula is C20H23NO4. The van der Waals surface area contributed by atoms with Crippen molar-refractivity contribution >= 4 is 5.97 Å². The monoisotopic (exact) mass is 341 g/mol. The van der Waals surface area contributed by atoms with E-state index in [-0.39, 0.29) is 12.5 Å². The van der Waals surface area contributed by atoms with Crippen LogP contribution in [0.2, 0.25) is 0 Å². The van der Waals surface area contributed by atoms with E-state index < -0.39 is 12.1 Å². The standard InChI is InChI=1S/C20H23NO4/c1-2-24-20(23)19(22)17-10-6-9-15-11-16(12-21-18(15)17)25-13-14-7-4-3-5-8-14/h3-5,7-8,11-12,17,19,22H,2,6,9-10,13H2,1H3/t17-,19?/m1/s1. The molecule has 1 unspecified atom stereocenters. The minimum Gasteiger partial charge on any atom is -0.487 e. The molecule has 1 N–H and O–H groups in total. The Labute approximate surface area is 147 Å². The molecule has 0 aliphatic heterocycles. The first-order valence-corrected chi connectivity index (χ1v) is 8.69. The van der Waals surface area contributed by atoms with Crippen LogP contribution in [0.4, 0.5) is 0 Å². The summed E-state index contributed by atoms with van der Waals surface area (Å²) in [5.74, 6) is -0.189. The van der Waals surface area contributed by atoms with Gasteiger partial charge < -0.3 is 14.6 Å². The zero-order valence-corrected chi connectivity index (χ0v) is 14.4. The lowest BCUT2D eigenvalue weighted by Gasteiger charge is -2.27. The number of fused-ring (bicyclic) bond motifs is 1. The van der Waals surface area contributed by atoms with Crippen LogP contribution in [0.15, 0.2) is 42.6 Å². The Bertz CT molecular complexity index is 717. The van der Waals surface area contributed by atoms with E-state index in [1.54, 1.807) is 13.1 Å². The van der Waals surface area contributed by atoms with Crippen LogP contribution in [-0.4, -0.2) is 28.8 Å². The number of aromatic nitrogens is 1. The van der Waals surface area contributed by atoms with Crippen LogP contribution in [0.5, 0.6) is 5.75 Å². The largest absolute Gasteiger partial charge is 0.487 e. The number of benzene rings is 1. The molecule has 25 heavy (non-hydrogen) atoms. The summed E-state index contributed by atoms with van der Waals surface area (Å²) in [5.41, 5.74) is 2.90. The summed E-state index contributed by atoms with van der Waals surface area (Å²) < 4.78 is 10.8. The van der Waals surface area contributed by atoms with Gasteiger partial charge in [-0.25, -0.2) is 4.79 Å². The molecule has 0 saturated carbocycles. The maximum absolute atomic E-state index is 11.9. The van der Waals surface area contributed by atoms with Crippen molar-refractivity contribution in [1.29, 1.82) is 0 Å². The predicted molar refractivity (Wildman–Crippen MR) is 93.3 cm³/mol. The number of aliphatic hydroxyl groups is 1. The topological polar surface area (TPSA) is 68.7 Å². The second-order valence-corrected chi connectivity index (χ2v) is 6.19. The van der Waals surface area contributed by atoms with Crippen molar-refractivity contribution in [2.45, 2.75) is 44.8 Å². The van der Waals surface area contributed by atoms with Crippen molar-refractivity contribution in [3.05, 3.63) is 59.4 Å². The number of rotatable bonds is 6. The van der Waals surface area contributed by atoms with E-state index in [4.69, 9.17) is 9.47 Å². The number of carbonyl (C=O) groups is 1. The molecule has 0 spiro atoms. The highest BCUT2D eigenvalue weighted by Crippen LogP contribution is 2.34. The normalized spacial score (nSPS) is 17.4. The number of nitrogens with zero attached hydrogens (tertiary/aromatic N) is 1. The van der Waals surface area contributed by atoms with E-state index in [2.05, 4.69) is 4.98 Å². The Kier molecular flexibility index (Phi) is 5.66. The lowest BCUT2D eigenvalue weighted by Crippen LogP contribution is -2.32. The van der Waals surface area contributed by atoms with E-state index in [0.717, 1.165) is 36.1 Å². The minimum atomic E-state index is -1.16. The van der Waals surface area contributed by atoms with Gasteiger partial charge in [0.05, 0.1) is 18.5 Å². The van der Waals surface area contributed by atoms with Crippen molar-refractivity contribution in [2.24, 2.45) is 0 Å². The third-order valence-electron chi connectivity index (χ3n) is 4.45. The van der Waals surface area contributed by atoms with Crippen molar-refractivity contribution in [3.8, 4) is 5.75 Å². The molecule has 2 atom stereocenters. The summed E-state index contributed by atoms with van der Waals surface area (Å²) in [7, 11) is 0. The van der Waals surface area contributed by atoms with E-state index in [9.17, 15) is 9.90 Å². The summed E-state index contributed by atoms with van der Waals surface area (Å²) in [6.07, 6.45) is 3.00. The molecule has 0 bridgehead atoms. The molecule has 1 aliphatic rings. The van der Waals surface area contributed by atoms with Gasteiger partial charge in [-0.1, -0.05) is 30.3 Å². The van der Waals surface area contributed by atoms with Gasteiger partial charge in [-0.05, 0) is 43.4 Å². The zero-order valence-electron chi connectivity index (χ0n) is 14.4. The fourth-order valence-electron chi connectivity index (χ4n) is 3.20. The minimum absolute atomic E-state index is 0.259. The average molecular weight is 341 g/mol. The first-order valence-electron chi connectivity index (χ1n) is 8.69. The Morgan fingerprint density at radius 3 is 2.92 bits per heavy atom. The first-order chi connectivity index (χ1) is 12.2. The van der Waals surface area contributed by atoms with Gasteiger partial charge in [0.25, 0.3) is 0 Å². The molecule has 0 saturated heterocycles. The van der Waals surface area contributed by atoms with E-state index in [0.29, 0.717) is 12.4 Å². The molecule has 5 heteroatoms. The molecular weight excluding hydrogens is 318 g/mol. The molecule has 0 radical (unpaired) electrons. The summed E-state index contributed by atoms with van der Waals surface area (Å²) >= 11 is 0. The van der Waals surface area contributed by atoms with Crippen molar-refractivity contribution in [2.75, 3.05) is 6.61 Å². The van der Waals surface area contributed by atoms with E-state index >= 15 is 0 Å². The zero-order chi connectivity index (χ0) is 17.6. The van der Waals surface area contributed by atoms with Gasteiger partial charge in [-0.3, -0.25) is 4.98 Å². The predicted octanol–water partition coefficient (Wildman–Crippen LogP) is 3.00. The second kappa shape index (κ2) is 8.12. The molecule has 1 aromatic heterocycles.